The summed E-state index contributed by atoms with van der Waals surface area (Å²) in [6.45, 7) is 11.0. The van der Waals surface area contributed by atoms with E-state index in [2.05, 4.69) is 31.0 Å². The van der Waals surface area contributed by atoms with E-state index >= 15 is 0 Å². The Hall–Kier alpha value is -1.77. The highest BCUT2D eigenvalue weighted by Gasteiger charge is 2.46. The van der Waals surface area contributed by atoms with Crippen LogP contribution in [0, 0.1) is 5.41 Å². The maximum Gasteiger partial charge on any atom is 0.255 e. The third-order valence-corrected chi connectivity index (χ3v) is 7.20. The molecule has 0 bridgehead atoms. The number of morpholine rings is 1. The lowest BCUT2D eigenvalue weighted by molar-refractivity contribution is -0.125. The summed E-state index contributed by atoms with van der Waals surface area (Å²) in [5.41, 5.74) is 0.425. The van der Waals surface area contributed by atoms with Gasteiger partial charge in [-0.05, 0) is 29.7 Å². The molecule has 2 heterocycles. The molecule has 2 saturated heterocycles. The maximum absolute atomic E-state index is 13.4. The van der Waals surface area contributed by atoms with Gasteiger partial charge in [-0.15, -0.1) is 11.8 Å². The number of amides is 2. The van der Waals surface area contributed by atoms with Crippen LogP contribution in [-0.2, 0) is 9.53 Å². The number of nitrogens with one attached hydrogen (secondary N) is 1. The number of hydrogen-bond acceptors (Lipinski definition) is 6. The zero-order chi connectivity index (χ0) is 21.7. The van der Waals surface area contributed by atoms with E-state index in [1.165, 1.54) is 0 Å². The Morgan fingerprint density at radius 2 is 1.87 bits per heavy atom. The van der Waals surface area contributed by atoms with Crippen molar-refractivity contribution in [3.63, 3.8) is 0 Å². The molecule has 1 N–H and O–H groups in total. The van der Waals surface area contributed by atoms with E-state index in [9.17, 15) is 9.59 Å². The first-order valence-corrected chi connectivity index (χ1v) is 11.5. The van der Waals surface area contributed by atoms with E-state index in [0.29, 0.717) is 23.6 Å². The topological polar surface area (TPSA) is 71.1 Å². The van der Waals surface area contributed by atoms with Crippen LogP contribution in [0.2, 0.25) is 0 Å². The maximum atomic E-state index is 13.4. The highest BCUT2D eigenvalue weighted by atomic mass is 32.2. The summed E-state index contributed by atoms with van der Waals surface area (Å²) in [6.07, 6.45) is 0. The Morgan fingerprint density at radius 3 is 2.47 bits per heavy atom. The summed E-state index contributed by atoms with van der Waals surface area (Å²) in [5.74, 6) is 1.11. The number of carbonyl (C=O) groups excluding carboxylic acids is 2. The number of rotatable bonds is 6. The molecule has 166 valence electrons. The molecule has 1 aromatic rings. The van der Waals surface area contributed by atoms with Crippen molar-refractivity contribution in [2.45, 2.75) is 32.2 Å². The van der Waals surface area contributed by atoms with E-state index in [1.54, 1.807) is 48.0 Å². The number of benzene rings is 1. The molecule has 7 nitrogen and oxygen atoms in total. The molecule has 0 aliphatic carbocycles. The first kappa shape index (κ1) is 22.9. The van der Waals surface area contributed by atoms with E-state index in [1.807, 2.05) is 0 Å². The summed E-state index contributed by atoms with van der Waals surface area (Å²) in [5, 5.41) is 2.98. The average molecular weight is 436 g/mol. The second kappa shape index (κ2) is 10.0. The van der Waals surface area contributed by atoms with Gasteiger partial charge in [-0.25, -0.2) is 0 Å². The number of ether oxygens (including phenoxy) is 2. The van der Waals surface area contributed by atoms with Gasteiger partial charge < -0.3 is 19.7 Å². The van der Waals surface area contributed by atoms with Crippen molar-refractivity contribution < 1.29 is 19.1 Å². The minimum atomic E-state index is -0.474. The molecule has 1 aromatic carbocycles. The normalized spacial score (nSPS) is 22.7. The van der Waals surface area contributed by atoms with E-state index in [-0.39, 0.29) is 22.6 Å². The molecule has 0 aromatic heterocycles. The van der Waals surface area contributed by atoms with Crippen molar-refractivity contribution in [2.24, 2.45) is 5.41 Å². The third kappa shape index (κ3) is 5.47. The molecule has 0 saturated carbocycles. The third-order valence-electron chi connectivity index (χ3n) is 5.45. The second-order valence-electron chi connectivity index (χ2n) is 8.75. The van der Waals surface area contributed by atoms with Crippen molar-refractivity contribution in [3.05, 3.63) is 29.8 Å². The second-order valence-corrected chi connectivity index (χ2v) is 9.87. The van der Waals surface area contributed by atoms with Gasteiger partial charge in [0.1, 0.15) is 11.8 Å². The Balaban J connectivity index is 1.69. The van der Waals surface area contributed by atoms with Crippen LogP contribution in [0.5, 0.6) is 5.75 Å². The monoisotopic (exact) mass is 435 g/mol. The summed E-state index contributed by atoms with van der Waals surface area (Å²) >= 11 is 1.68. The molecule has 2 aliphatic rings. The van der Waals surface area contributed by atoms with Gasteiger partial charge in [0.05, 0.1) is 25.7 Å². The van der Waals surface area contributed by atoms with Gasteiger partial charge >= 0.3 is 0 Å². The van der Waals surface area contributed by atoms with Gasteiger partial charge in [0.2, 0.25) is 5.91 Å². The van der Waals surface area contributed by atoms with Gasteiger partial charge in [-0.3, -0.25) is 14.5 Å². The molecule has 30 heavy (non-hydrogen) atoms. The van der Waals surface area contributed by atoms with Gasteiger partial charge in [-0.1, -0.05) is 20.8 Å². The summed E-state index contributed by atoms with van der Waals surface area (Å²) in [6, 6.07) is 6.60. The van der Waals surface area contributed by atoms with E-state index in [0.717, 1.165) is 32.8 Å². The predicted octanol–water partition coefficient (Wildman–Crippen LogP) is 2.07. The number of hydrogen-bond donors (Lipinski definition) is 1. The SMILES string of the molecule is COc1ccc(C(=O)N2C(C(=O)NCCN3CCOCC3)CSC2C(C)(C)C)cc1. The highest BCUT2D eigenvalue weighted by Crippen LogP contribution is 2.41. The fourth-order valence-corrected chi connectivity index (χ4v) is 5.37. The Kier molecular flexibility index (Phi) is 7.65. The lowest BCUT2D eigenvalue weighted by atomic mass is 9.94. The van der Waals surface area contributed by atoms with Crippen LogP contribution in [0.3, 0.4) is 0 Å². The standard InChI is InChI=1S/C22H33N3O4S/c1-22(2,3)21-25(20(27)16-5-7-17(28-4)8-6-16)18(15-30-21)19(26)23-9-10-24-11-13-29-14-12-24/h5-8,18,21H,9-15H2,1-4H3,(H,23,26). The molecule has 2 aliphatic heterocycles. The molecule has 2 fully saturated rings. The smallest absolute Gasteiger partial charge is 0.255 e. The molecule has 2 atom stereocenters. The summed E-state index contributed by atoms with van der Waals surface area (Å²) in [7, 11) is 1.60. The quantitative estimate of drug-likeness (QED) is 0.738. The van der Waals surface area contributed by atoms with Crippen LogP contribution in [0.25, 0.3) is 0 Å². The lowest BCUT2D eigenvalue weighted by Gasteiger charge is -2.36. The van der Waals surface area contributed by atoms with Crippen LogP contribution in [0.15, 0.2) is 24.3 Å². The van der Waals surface area contributed by atoms with Crippen molar-refractivity contribution in [1.82, 2.24) is 15.1 Å². The summed E-state index contributed by atoms with van der Waals surface area (Å²) in [4.78, 5) is 30.5. The minimum Gasteiger partial charge on any atom is -0.497 e. The number of methoxy groups -OCH3 is 1. The fraction of sp³-hybridized carbons (Fsp3) is 0.636. The molecule has 8 heteroatoms. The molecule has 0 radical (unpaired) electrons. The van der Waals surface area contributed by atoms with Gasteiger partial charge in [0.15, 0.2) is 0 Å². The average Bonchev–Trinajstić information content (AvgIpc) is 3.20. The van der Waals surface area contributed by atoms with Crippen molar-refractivity contribution in [1.29, 1.82) is 0 Å². The zero-order valence-corrected chi connectivity index (χ0v) is 19.2. The first-order valence-electron chi connectivity index (χ1n) is 10.5. The number of thioether (sulfide) groups is 1. The fourth-order valence-electron chi connectivity index (χ4n) is 3.79. The summed E-state index contributed by atoms with van der Waals surface area (Å²) < 4.78 is 10.6. The van der Waals surface area contributed by atoms with Crippen LogP contribution in [-0.4, -0.2) is 85.3 Å². The highest BCUT2D eigenvalue weighted by molar-refractivity contribution is 8.00. The molecular weight excluding hydrogens is 402 g/mol. The molecular formula is C22H33N3O4S. The zero-order valence-electron chi connectivity index (χ0n) is 18.3. The largest absolute Gasteiger partial charge is 0.497 e. The van der Waals surface area contributed by atoms with Gasteiger partial charge in [0.25, 0.3) is 5.91 Å². The molecule has 3 rings (SSSR count). The van der Waals surface area contributed by atoms with Crippen molar-refractivity contribution >= 4 is 23.6 Å². The van der Waals surface area contributed by atoms with Crippen LogP contribution in [0.1, 0.15) is 31.1 Å². The van der Waals surface area contributed by atoms with Crippen LogP contribution >= 0.6 is 11.8 Å². The number of nitrogens with zero attached hydrogens (tertiary/aromatic N) is 2. The van der Waals surface area contributed by atoms with Crippen molar-refractivity contribution in [2.75, 3.05) is 52.3 Å². The van der Waals surface area contributed by atoms with E-state index < -0.39 is 6.04 Å². The van der Waals surface area contributed by atoms with Crippen LogP contribution < -0.4 is 10.1 Å². The van der Waals surface area contributed by atoms with Crippen molar-refractivity contribution in [3.8, 4) is 5.75 Å². The predicted molar refractivity (Wildman–Crippen MR) is 119 cm³/mol. The van der Waals surface area contributed by atoms with E-state index in [4.69, 9.17) is 9.47 Å². The van der Waals surface area contributed by atoms with Crippen LogP contribution in [0.4, 0.5) is 0 Å². The molecule has 2 unspecified atom stereocenters. The first-order chi connectivity index (χ1) is 14.3. The Morgan fingerprint density at radius 1 is 1.20 bits per heavy atom. The van der Waals surface area contributed by atoms with Gasteiger partial charge in [-0.2, -0.15) is 0 Å². The minimum absolute atomic E-state index is 0.0675. The van der Waals surface area contributed by atoms with Gasteiger partial charge in [0, 0.05) is 37.5 Å². The Bertz CT molecular complexity index is 729. The Labute approximate surface area is 183 Å². The molecule has 2 amide bonds. The lowest BCUT2D eigenvalue weighted by Crippen LogP contribution is -2.53. The molecule has 0 spiro atoms. The number of carbonyl (C=O) groups is 2.